The molecule has 0 amide bonds. The highest BCUT2D eigenvalue weighted by Gasteiger charge is 2.09. The zero-order valence-electron chi connectivity index (χ0n) is 15.1. The number of rotatable bonds is 6. The number of allylic oxidation sites excluding steroid dienone is 8. The molecule has 1 aromatic rings. The second kappa shape index (κ2) is 8.72. The van der Waals surface area contributed by atoms with Gasteiger partial charge in [0.1, 0.15) is 0 Å². The molecule has 0 heteroatoms. The minimum atomic E-state index is 0.665. The zero-order chi connectivity index (χ0) is 16.7. The molecule has 0 aliphatic heterocycles. The molecule has 1 atom stereocenters. The Morgan fingerprint density at radius 2 is 2.09 bits per heavy atom. The van der Waals surface area contributed by atoms with Crippen molar-refractivity contribution in [1.29, 1.82) is 0 Å². The maximum Gasteiger partial charge on any atom is -0.0181 e. The summed E-state index contributed by atoms with van der Waals surface area (Å²) in [5.41, 5.74) is 6.93. The first-order valence-electron chi connectivity index (χ1n) is 9.01. The van der Waals surface area contributed by atoms with E-state index in [4.69, 9.17) is 0 Å². The highest BCUT2D eigenvalue weighted by molar-refractivity contribution is 5.79. The normalized spacial score (nSPS) is 18.5. The van der Waals surface area contributed by atoms with Gasteiger partial charge in [0.2, 0.25) is 0 Å². The average Bonchev–Trinajstić information content (AvgIpc) is 2.56. The summed E-state index contributed by atoms with van der Waals surface area (Å²) in [5.74, 6) is 0.665. The zero-order valence-corrected chi connectivity index (χ0v) is 15.1. The maximum absolute atomic E-state index is 2.38. The van der Waals surface area contributed by atoms with Crippen molar-refractivity contribution in [3.63, 3.8) is 0 Å². The molecule has 1 unspecified atom stereocenters. The molecule has 0 saturated heterocycles. The van der Waals surface area contributed by atoms with Gasteiger partial charge in [0.05, 0.1) is 0 Å². The first kappa shape index (κ1) is 17.5. The van der Waals surface area contributed by atoms with Gasteiger partial charge in [0, 0.05) is 0 Å². The van der Waals surface area contributed by atoms with E-state index in [0.29, 0.717) is 5.92 Å². The van der Waals surface area contributed by atoms with Crippen LogP contribution in [-0.4, -0.2) is 0 Å². The smallest absolute Gasteiger partial charge is 0.0181 e. The van der Waals surface area contributed by atoms with Crippen LogP contribution in [-0.2, 0) is 6.42 Å². The SMILES string of the molecule is CC/C=C\C=C(/C)c1cc(C2=CCC(C)C=C2)ccc1CCC. The fraction of sp³-hybridized carbons (Fsp3) is 0.391. The van der Waals surface area contributed by atoms with E-state index >= 15 is 0 Å². The molecule has 0 nitrogen and oxygen atoms in total. The van der Waals surface area contributed by atoms with Crippen LogP contribution in [0.3, 0.4) is 0 Å². The molecule has 0 spiro atoms. The molecule has 0 radical (unpaired) electrons. The molecule has 0 aromatic heterocycles. The summed E-state index contributed by atoms with van der Waals surface area (Å²) in [7, 11) is 0. The minimum Gasteiger partial charge on any atom is -0.0848 e. The Labute approximate surface area is 142 Å². The largest absolute Gasteiger partial charge is 0.0848 e. The minimum absolute atomic E-state index is 0.665. The first-order valence-corrected chi connectivity index (χ1v) is 9.01. The van der Waals surface area contributed by atoms with E-state index in [-0.39, 0.29) is 0 Å². The van der Waals surface area contributed by atoms with Crippen molar-refractivity contribution in [3.05, 3.63) is 71.3 Å². The van der Waals surface area contributed by atoms with Gasteiger partial charge in [-0.3, -0.25) is 0 Å². The molecule has 2 rings (SSSR count). The predicted molar refractivity (Wildman–Crippen MR) is 104 cm³/mol. The van der Waals surface area contributed by atoms with Crippen LogP contribution in [0.15, 0.2) is 54.7 Å². The monoisotopic (exact) mass is 306 g/mol. The van der Waals surface area contributed by atoms with E-state index in [1.807, 2.05) is 0 Å². The van der Waals surface area contributed by atoms with Crippen LogP contribution in [0.1, 0.15) is 63.6 Å². The van der Waals surface area contributed by atoms with Crippen molar-refractivity contribution in [1.82, 2.24) is 0 Å². The van der Waals surface area contributed by atoms with Crippen molar-refractivity contribution < 1.29 is 0 Å². The third kappa shape index (κ3) is 4.82. The van der Waals surface area contributed by atoms with Crippen molar-refractivity contribution in [3.8, 4) is 0 Å². The lowest BCUT2D eigenvalue weighted by Gasteiger charge is -2.15. The Morgan fingerprint density at radius 1 is 1.26 bits per heavy atom. The highest BCUT2D eigenvalue weighted by Crippen LogP contribution is 2.29. The first-order chi connectivity index (χ1) is 11.2. The lowest BCUT2D eigenvalue weighted by Crippen LogP contribution is -1.97. The van der Waals surface area contributed by atoms with Gasteiger partial charge in [-0.2, -0.15) is 0 Å². The lowest BCUT2D eigenvalue weighted by atomic mass is 9.89. The van der Waals surface area contributed by atoms with E-state index in [0.717, 1.165) is 19.3 Å². The molecule has 0 saturated carbocycles. The van der Waals surface area contributed by atoms with E-state index in [1.54, 1.807) is 0 Å². The summed E-state index contributed by atoms with van der Waals surface area (Å²) >= 11 is 0. The van der Waals surface area contributed by atoms with Gasteiger partial charge in [-0.15, -0.1) is 0 Å². The van der Waals surface area contributed by atoms with Gasteiger partial charge >= 0.3 is 0 Å². The molecule has 23 heavy (non-hydrogen) atoms. The quantitative estimate of drug-likeness (QED) is 0.497. The molecular formula is C23H30. The number of aryl methyl sites for hydroxylation is 1. The molecule has 0 fully saturated rings. The van der Waals surface area contributed by atoms with Gasteiger partial charge in [-0.1, -0.05) is 75.8 Å². The summed E-state index contributed by atoms with van der Waals surface area (Å²) in [6, 6.07) is 6.99. The summed E-state index contributed by atoms with van der Waals surface area (Å²) in [6.07, 6.45) is 18.2. The van der Waals surface area contributed by atoms with Crippen LogP contribution >= 0.6 is 0 Å². The maximum atomic E-state index is 2.38. The number of benzene rings is 1. The molecule has 0 N–H and O–H groups in total. The third-order valence-electron chi connectivity index (χ3n) is 4.42. The molecule has 0 bridgehead atoms. The van der Waals surface area contributed by atoms with E-state index in [1.165, 1.54) is 34.3 Å². The second-order valence-electron chi connectivity index (χ2n) is 6.54. The Balaban J connectivity index is 2.38. The topological polar surface area (TPSA) is 0 Å². The van der Waals surface area contributed by atoms with Gasteiger partial charge in [-0.05, 0) is 66.0 Å². The second-order valence-corrected chi connectivity index (χ2v) is 6.54. The summed E-state index contributed by atoms with van der Waals surface area (Å²) in [6.45, 7) is 8.92. The Morgan fingerprint density at radius 3 is 2.74 bits per heavy atom. The van der Waals surface area contributed by atoms with Gasteiger partial charge < -0.3 is 0 Å². The lowest BCUT2D eigenvalue weighted by molar-refractivity contribution is 0.739. The number of hydrogen-bond donors (Lipinski definition) is 0. The number of hydrogen-bond acceptors (Lipinski definition) is 0. The third-order valence-corrected chi connectivity index (χ3v) is 4.42. The molecular weight excluding hydrogens is 276 g/mol. The van der Waals surface area contributed by atoms with Gasteiger partial charge in [-0.25, -0.2) is 0 Å². The standard InChI is InChI=1S/C23H30/c1-5-7-8-10-19(4)23-17-22(16-15-21(23)9-6-2)20-13-11-18(3)12-14-20/h7-8,10-11,13-18H,5-6,9,12H2,1-4H3/b8-7-,19-10+. The fourth-order valence-electron chi connectivity index (χ4n) is 2.99. The summed E-state index contributed by atoms with van der Waals surface area (Å²) < 4.78 is 0. The Bertz CT molecular complexity index is 638. The van der Waals surface area contributed by atoms with E-state index in [9.17, 15) is 0 Å². The van der Waals surface area contributed by atoms with E-state index < -0.39 is 0 Å². The Kier molecular flexibility index (Phi) is 6.65. The molecule has 1 aliphatic rings. The van der Waals surface area contributed by atoms with E-state index in [2.05, 4.69) is 82.4 Å². The Hall–Kier alpha value is -1.82. The van der Waals surface area contributed by atoms with Gasteiger partial charge in [0.15, 0.2) is 0 Å². The molecule has 0 heterocycles. The summed E-state index contributed by atoms with van der Waals surface area (Å²) in [4.78, 5) is 0. The van der Waals surface area contributed by atoms with Crippen LogP contribution in [0, 0.1) is 5.92 Å². The van der Waals surface area contributed by atoms with Crippen LogP contribution in [0.5, 0.6) is 0 Å². The fourth-order valence-corrected chi connectivity index (χ4v) is 2.99. The van der Waals surface area contributed by atoms with Crippen molar-refractivity contribution >= 4 is 11.1 Å². The van der Waals surface area contributed by atoms with Crippen molar-refractivity contribution in [2.24, 2.45) is 5.92 Å². The highest BCUT2D eigenvalue weighted by atomic mass is 14.1. The van der Waals surface area contributed by atoms with Crippen LogP contribution < -0.4 is 0 Å². The average molecular weight is 306 g/mol. The predicted octanol–water partition coefficient (Wildman–Crippen LogP) is 6.99. The van der Waals surface area contributed by atoms with Crippen molar-refractivity contribution in [2.45, 2.75) is 53.4 Å². The summed E-state index contributed by atoms with van der Waals surface area (Å²) in [5, 5.41) is 0. The van der Waals surface area contributed by atoms with Crippen LogP contribution in [0.2, 0.25) is 0 Å². The molecule has 1 aliphatic carbocycles. The van der Waals surface area contributed by atoms with Crippen LogP contribution in [0.25, 0.3) is 11.1 Å². The van der Waals surface area contributed by atoms with Crippen LogP contribution in [0.4, 0.5) is 0 Å². The molecule has 1 aromatic carbocycles. The van der Waals surface area contributed by atoms with Gasteiger partial charge in [0.25, 0.3) is 0 Å². The molecule has 122 valence electrons. The van der Waals surface area contributed by atoms with Crippen molar-refractivity contribution in [2.75, 3.05) is 0 Å².